The second-order valence-electron chi connectivity index (χ2n) is 9.85. The molecule has 36 heavy (non-hydrogen) atoms. The van der Waals surface area contributed by atoms with Crippen LogP contribution in [0.4, 0.5) is 11.5 Å². The standard InChI is InChI=1S/C26H31N5O4S/c1-18-16-26(2,3)31(17-18)24-21(11-8-14-27-24)25(32)29-36(33,34)23-13-7-12-22(28-23)35-20-10-6-9-19(15-20)30(4)5/h6-15,18H,16-17H2,1-5H3,(H,29,32). The molecule has 1 fully saturated rings. The Kier molecular flexibility index (Phi) is 6.90. The number of anilines is 2. The van der Waals surface area contributed by atoms with Crippen LogP contribution in [0.1, 0.15) is 37.6 Å². The number of ether oxygens (including phenoxy) is 1. The number of carbonyl (C=O) groups is 1. The van der Waals surface area contributed by atoms with Crippen LogP contribution in [0.15, 0.2) is 65.8 Å². The van der Waals surface area contributed by atoms with Crippen LogP contribution in [-0.4, -0.2) is 50.5 Å². The lowest BCUT2D eigenvalue weighted by atomic mass is 9.97. The van der Waals surface area contributed by atoms with Crippen molar-refractivity contribution in [3.63, 3.8) is 0 Å². The summed E-state index contributed by atoms with van der Waals surface area (Å²) in [5.74, 6) is 0.725. The predicted octanol–water partition coefficient (Wildman–Crippen LogP) is 4.08. The second-order valence-corrected chi connectivity index (χ2v) is 11.5. The van der Waals surface area contributed by atoms with Crippen molar-refractivity contribution >= 4 is 27.4 Å². The Morgan fingerprint density at radius 1 is 1.14 bits per heavy atom. The first-order valence-electron chi connectivity index (χ1n) is 11.7. The first-order chi connectivity index (χ1) is 17.0. The van der Waals surface area contributed by atoms with Crippen LogP contribution in [0.25, 0.3) is 0 Å². The SMILES string of the molecule is CC1CN(c2ncccc2C(=O)NS(=O)(=O)c2cccc(Oc3cccc(N(C)C)c3)n2)C(C)(C)C1. The second kappa shape index (κ2) is 9.77. The Morgan fingerprint density at radius 2 is 1.89 bits per heavy atom. The van der Waals surface area contributed by atoms with Gasteiger partial charge in [-0.25, -0.2) is 9.71 Å². The molecule has 3 heterocycles. The molecule has 1 aliphatic heterocycles. The molecule has 0 saturated carbocycles. The third kappa shape index (κ3) is 5.43. The van der Waals surface area contributed by atoms with Gasteiger partial charge in [0.1, 0.15) is 11.6 Å². The lowest BCUT2D eigenvalue weighted by molar-refractivity contribution is 0.0981. The quantitative estimate of drug-likeness (QED) is 0.508. The van der Waals surface area contributed by atoms with Crippen LogP contribution < -0.4 is 19.3 Å². The number of sulfonamides is 1. The minimum atomic E-state index is -4.27. The highest BCUT2D eigenvalue weighted by Gasteiger charge is 2.39. The first kappa shape index (κ1) is 25.4. The summed E-state index contributed by atoms with van der Waals surface area (Å²) in [5.41, 5.74) is 0.904. The topological polar surface area (TPSA) is 105 Å². The minimum absolute atomic E-state index is 0.0936. The van der Waals surface area contributed by atoms with E-state index in [4.69, 9.17) is 4.74 Å². The molecule has 0 aliphatic carbocycles. The van der Waals surface area contributed by atoms with E-state index in [0.29, 0.717) is 17.5 Å². The number of amides is 1. The summed E-state index contributed by atoms with van der Waals surface area (Å²) in [6.07, 6.45) is 2.55. The molecule has 1 unspecified atom stereocenters. The molecule has 0 radical (unpaired) electrons. The number of hydrogen-bond acceptors (Lipinski definition) is 8. The van der Waals surface area contributed by atoms with Gasteiger partial charge in [-0.3, -0.25) is 4.79 Å². The highest BCUT2D eigenvalue weighted by molar-refractivity contribution is 7.90. The lowest BCUT2D eigenvalue weighted by Crippen LogP contribution is -2.41. The predicted molar refractivity (Wildman–Crippen MR) is 139 cm³/mol. The molecular formula is C26H31N5O4S. The van der Waals surface area contributed by atoms with Gasteiger partial charge < -0.3 is 14.5 Å². The van der Waals surface area contributed by atoms with Crippen LogP contribution in [0, 0.1) is 5.92 Å². The Morgan fingerprint density at radius 3 is 2.58 bits per heavy atom. The first-order valence-corrected chi connectivity index (χ1v) is 13.2. The van der Waals surface area contributed by atoms with Crippen molar-refractivity contribution in [1.29, 1.82) is 0 Å². The zero-order chi connectivity index (χ0) is 26.1. The molecule has 1 amide bonds. The van der Waals surface area contributed by atoms with Crippen molar-refractivity contribution in [2.24, 2.45) is 5.92 Å². The third-order valence-corrected chi connectivity index (χ3v) is 7.35. The van der Waals surface area contributed by atoms with E-state index in [1.165, 1.54) is 12.1 Å². The van der Waals surface area contributed by atoms with E-state index >= 15 is 0 Å². The Bertz CT molecular complexity index is 1370. The molecule has 1 atom stereocenters. The smallest absolute Gasteiger partial charge is 0.281 e. The van der Waals surface area contributed by atoms with Gasteiger partial charge >= 0.3 is 0 Å². The molecular weight excluding hydrogens is 478 g/mol. The van der Waals surface area contributed by atoms with Crippen LogP contribution in [0.5, 0.6) is 11.6 Å². The highest BCUT2D eigenvalue weighted by Crippen LogP contribution is 2.37. The summed E-state index contributed by atoms with van der Waals surface area (Å²) < 4.78 is 34.1. The number of pyridine rings is 2. The number of benzene rings is 1. The molecule has 190 valence electrons. The molecule has 1 N–H and O–H groups in total. The van der Waals surface area contributed by atoms with E-state index in [-0.39, 0.29) is 22.0 Å². The van der Waals surface area contributed by atoms with E-state index in [1.807, 2.05) is 37.2 Å². The average molecular weight is 510 g/mol. The number of rotatable bonds is 7. The van der Waals surface area contributed by atoms with Gasteiger partial charge in [-0.2, -0.15) is 13.4 Å². The van der Waals surface area contributed by atoms with Crippen molar-refractivity contribution in [2.75, 3.05) is 30.4 Å². The van der Waals surface area contributed by atoms with Gasteiger partial charge in [0.2, 0.25) is 5.88 Å². The monoisotopic (exact) mass is 509 g/mol. The molecule has 1 saturated heterocycles. The van der Waals surface area contributed by atoms with Gasteiger partial charge in [-0.15, -0.1) is 0 Å². The van der Waals surface area contributed by atoms with Crippen molar-refractivity contribution in [3.8, 4) is 11.6 Å². The normalized spacial score (nSPS) is 17.0. The maximum absolute atomic E-state index is 13.2. The lowest BCUT2D eigenvalue weighted by Gasteiger charge is -2.33. The van der Waals surface area contributed by atoms with Crippen molar-refractivity contribution in [3.05, 3.63) is 66.4 Å². The van der Waals surface area contributed by atoms with E-state index in [9.17, 15) is 13.2 Å². The van der Waals surface area contributed by atoms with Gasteiger partial charge in [-0.05, 0) is 56.5 Å². The van der Waals surface area contributed by atoms with Crippen molar-refractivity contribution in [1.82, 2.24) is 14.7 Å². The summed E-state index contributed by atoms with van der Waals surface area (Å²) in [4.78, 5) is 25.7. The molecule has 1 aromatic carbocycles. The average Bonchev–Trinajstić information content (AvgIpc) is 3.10. The number of hydrogen-bond donors (Lipinski definition) is 1. The Balaban J connectivity index is 1.56. The highest BCUT2D eigenvalue weighted by atomic mass is 32.2. The van der Waals surface area contributed by atoms with Crippen LogP contribution in [-0.2, 0) is 10.0 Å². The maximum atomic E-state index is 13.2. The van der Waals surface area contributed by atoms with Crippen LogP contribution in [0.2, 0.25) is 0 Å². The Labute approximate surface area is 212 Å². The summed E-state index contributed by atoms with van der Waals surface area (Å²) in [6, 6.07) is 14.9. The van der Waals surface area contributed by atoms with Gasteiger partial charge in [0.25, 0.3) is 15.9 Å². The fraction of sp³-hybridized carbons (Fsp3) is 0.346. The third-order valence-electron chi connectivity index (χ3n) is 6.12. The fourth-order valence-electron chi connectivity index (χ4n) is 4.53. The van der Waals surface area contributed by atoms with Gasteiger partial charge in [0.05, 0.1) is 5.56 Å². The number of aromatic nitrogens is 2. The molecule has 4 rings (SSSR count). The van der Waals surface area contributed by atoms with Crippen LogP contribution in [0.3, 0.4) is 0 Å². The summed E-state index contributed by atoms with van der Waals surface area (Å²) in [7, 11) is -0.451. The zero-order valence-electron chi connectivity index (χ0n) is 21.1. The molecule has 1 aliphatic rings. The maximum Gasteiger partial charge on any atom is 0.281 e. The van der Waals surface area contributed by atoms with Gasteiger partial charge in [0, 0.05) is 50.2 Å². The van der Waals surface area contributed by atoms with Gasteiger partial charge in [-0.1, -0.05) is 19.1 Å². The molecule has 0 spiro atoms. The fourth-order valence-corrected chi connectivity index (χ4v) is 5.45. The molecule has 3 aromatic rings. The Hall–Kier alpha value is -3.66. The van der Waals surface area contributed by atoms with E-state index in [1.54, 1.807) is 30.5 Å². The largest absolute Gasteiger partial charge is 0.439 e. The van der Waals surface area contributed by atoms with Crippen LogP contribution >= 0.6 is 0 Å². The summed E-state index contributed by atoms with van der Waals surface area (Å²) >= 11 is 0. The van der Waals surface area contributed by atoms with E-state index < -0.39 is 15.9 Å². The van der Waals surface area contributed by atoms with Crippen molar-refractivity contribution < 1.29 is 17.9 Å². The molecule has 9 nitrogen and oxygen atoms in total. The summed E-state index contributed by atoms with van der Waals surface area (Å²) in [5, 5.41) is -0.322. The van der Waals surface area contributed by atoms with E-state index in [0.717, 1.165) is 18.7 Å². The number of nitrogens with zero attached hydrogens (tertiary/aromatic N) is 4. The summed E-state index contributed by atoms with van der Waals surface area (Å²) in [6.45, 7) is 7.06. The molecule has 10 heteroatoms. The zero-order valence-corrected chi connectivity index (χ0v) is 21.9. The molecule has 0 bridgehead atoms. The van der Waals surface area contributed by atoms with E-state index in [2.05, 4.69) is 40.4 Å². The van der Waals surface area contributed by atoms with Gasteiger partial charge in [0.15, 0.2) is 5.03 Å². The minimum Gasteiger partial charge on any atom is -0.439 e. The number of carbonyl (C=O) groups excluding carboxylic acids is 1. The van der Waals surface area contributed by atoms with Crippen molar-refractivity contribution in [2.45, 2.75) is 37.8 Å². The number of nitrogens with one attached hydrogen (secondary N) is 1. The molecule has 2 aromatic heterocycles.